The molecular weight excluding hydrogens is 374 g/mol. The molecule has 0 bridgehead atoms. The molecule has 1 unspecified atom stereocenters. The molecular formula is C24H29N5O. The fraction of sp³-hybridized carbons (Fsp3) is 0.417. The molecule has 0 amide bonds. The summed E-state index contributed by atoms with van der Waals surface area (Å²) in [6.07, 6.45) is 11.9. The Kier molecular flexibility index (Phi) is 5.51. The van der Waals surface area contributed by atoms with Gasteiger partial charge in [0.1, 0.15) is 0 Å². The van der Waals surface area contributed by atoms with Gasteiger partial charge in [-0.1, -0.05) is 6.07 Å². The number of anilines is 1. The van der Waals surface area contributed by atoms with Gasteiger partial charge in [-0.2, -0.15) is 5.10 Å². The summed E-state index contributed by atoms with van der Waals surface area (Å²) in [5, 5.41) is 5.95. The van der Waals surface area contributed by atoms with E-state index in [2.05, 4.69) is 22.0 Å². The third kappa shape index (κ3) is 4.11. The van der Waals surface area contributed by atoms with Crippen molar-refractivity contribution in [1.29, 1.82) is 0 Å². The summed E-state index contributed by atoms with van der Waals surface area (Å²) >= 11 is 0. The summed E-state index contributed by atoms with van der Waals surface area (Å²) in [5.74, 6) is 0. The third-order valence-corrected chi connectivity index (χ3v) is 6.05. The van der Waals surface area contributed by atoms with Crippen molar-refractivity contribution in [3.05, 3.63) is 53.5 Å². The highest BCUT2D eigenvalue weighted by Crippen LogP contribution is 2.30. The summed E-state index contributed by atoms with van der Waals surface area (Å²) in [6, 6.07) is 10.2. The maximum absolute atomic E-state index is 6.06. The van der Waals surface area contributed by atoms with Gasteiger partial charge in [0.2, 0.25) is 0 Å². The van der Waals surface area contributed by atoms with Gasteiger partial charge in [0.05, 0.1) is 16.9 Å². The lowest BCUT2D eigenvalue weighted by Crippen LogP contribution is -2.19. The van der Waals surface area contributed by atoms with Crippen molar-refractivity contribution in [3.8, 4) is 0 Å². The molecule has 0 radical (unpaired) electrons. The Balaban J connectivity index is 1.38. The molecule has 2 aromatic heterocycles. The molecule has 1 aromatic carbocycles. The van der Waals surface area contributed by atoms with Gasteiger partial charge in [-0.25, -0.2) is 4.68 Å². The van der Waals surface area contributed by atoms with Gasteiger partial charge in [0, 0.05) is 30.4 Å². The van der Waals surface area contributed by atoms with E-state index in [0.717, 1.165) is 60.4 Å². The van der Waals surface area contributed by atoms with E-state index in [1.165, 1.54) is 31.5 Å². The van der Waals surface area contributed by atoms with Crippen LogP contribution < -0.4 is 5.73 Å². The summed E-state index contributed by atoms with van der Waals surface area (Å²) in [7, 11) is 0. The van der Waals surface area contributed by atoms with Crippen LogP contribution in [0.15, 0.2) is 36.5 Å². The molecule has 6 heteroatoms. The first-order valence-corrected chi connectivity index (χ1v) is 11.0. The molecule has 0 spiro atoms. The van der Waals surface area contributed by atoms with Gasteiger partial charge >= 0.3 is 0 Å². The minimum atomic E-state index is -0.0202. The van der Waals surface area contributed by atoms with E-state index in [4.69, 9.17) is 15.6 Å². The lowest BCUT2D eigenvalue weighted by atomic mass is 10.1. The molecule has 3 aromatic rings. The number of ether oxygens (including phenoxy) is 1. The number of benzene rings is 1. The van der Waals surface area contributed by atoms with Gasteiger partial charge in [0.25, 0.3) is 0 Å². The predicted molar refractivity (Wildman–Crippen MR) is 121 cm³/mol. The van der Waals surface area contributed by atoms with E-state index >= 15 is 0 Å². The highest BCUT2D eigenvalue weighted by atomic mass is 16.5. The first kappa shape index (κ1) is 19.3. The van der Waals surface area contributed by atoms with E-state index in [1.807, 2.05) is 41.2 Å². The van der Waals surface area contributed by atoms with Crippen molar-refractivity contribution in [3.63, 3.8) is 0 Å². The third-order valence-electron chi connectivity index (χ3n) is 6.05. The zero-order valence-electron chi connectivity index (χ0n) is 17.3. The summed E-state index contributed by atoms with van der Waals surface area (Å²) in [4.78, 5) is 7.12. The van der Waals surface area contributed by atoms with E-state index in [0.29, 0.717) is 0 Å². The van der Waals surface area contributed by atoms with Crippen LogP contribution >= 0.6 is 0 Å². The molecule has 5 rings (SSSR count). The second-order valence-electron chi connectivity index (χ2n) is 8.34. The minimum Gasteiger partial charge on any atom is -0.399 e. The Morgan fingerprint density at radius 1 is 1.07 bits per heavy atom. The Morgan fingerprint density at radius 2 is 1.97 bits per heavy atom. The molecule has 2 fully saturated rings. The Bertz CT molecular complexity index is 1030. The van der Waals surface area contributed by atoms with Crippen molar-refractivity contribution in [1.82, 2.24) is 19.7 Å². The maximum Gasteiger partial charge on any atom is 0.150 e. The average molecular weight is 404 g/mol. The molecule has 0 aliphatic carbocycles. The van der Waals surface area contributed by atoms with Gasteiger partial charge in [-0.05, 0) is 87.2 Å². The number of aromatic nitrogens is 3. The largest absolute Gasteiger partial charge is 0.399 e. The molecule has 2 saturated heterocycles. The van der Waals surface area contributed by atoms with Gasteiger partial charge in [-0.3, -0.25) is 9.88 Å². The predicted octanol–water partition coefficient (Wildman–Crippen LogP) is 4.48. The molecule has 2 aliphatic rings. The monoisotopic (exact) mass is 403 g/mol. The molecule has 4 heterocycles. The number of likely N-dealkylation sites (tertiary alicyclic amines) is 1. The number of nitrogens with zero attached hydrogens (tertiary/aromatic N) is 4. The number of nitrogens with two attached hydrogens (primary N) is 1. The number of fused-ring (bicyclic) bond motifs is 1. The maximum atomic E-state index is 6.06. The Hall–Kier alpha value is -2.70. The van der Waals surface area contributed by atoms with E-state index < -0.39 is 0 Å². The van der Waals surface area contributed by atoms with Crippen molar-refractivity contribution in [2.24, 2.45) is 0 Å². The highest BCUT2D eigenvalue weighted by molar-refractivity contribution is 5.91. The normalized spacial score (nSPS) is 20.5. The second kappa shape index (κ2) is 8.58. The van der Waals surface area contributed by atoms with Crippen LogP contribution in [0.4, 0.5) is 5.69 Å². The zero-order chi connectivity index (χ0) is 20.3. The molecule has 2 N–H and O–H groups in total. The van der Waals surface area contributed by atoms with E-state index in [1.54, 1.807) is 0 Å². The smallest absolute Gasteiger partial charge is 0.150 e. The Labute approximate surface area is 177 Å². The Morgan fingerprint density at radius 3 is 2.73 bits per heavy atom. The second-order valence-corrected chi connectivity index (χ2v) is 8.34. The average Bonchev–Trinajstić information content (AvgIpc) is 3.41. The van der Waals surface area contributed by atoms with E-state index in [-0.39, 0.29) is 6.23 Å². The van der Waals surface area contributed by atoms with Crippen LogP contribution in [0.25, 0.3) is 23.1 Å². The van der Waals surface area contributed by atoms with Gasteiger partial charge in [0.15, 0.2) is 6.23 Å². The molecule has 6 nitrogen and oxygen atoms in total. The standard InChI is InChI=1S/C24H29N5O/c25-19-7-10-21-22(27-29(23(21)15-19)24-5-1-4-14-30-24)11-9-20-8-6-18(16-26-20)17-28-12-2-3-13-28/h6-11,15-16,24H,1-5,12-14,17,25H2/b11-9+. The number of rotatable bonds is 5. The summed E-state index contributed by atoms with van der Waals surface area (Å²) in [5.41, 5.74) is 10.9. The highest BCUT2D eigenvalue weighted by Gasteiger charge is 2.20. The van der Waals surface area contributed by atoms with Crippen LogP contribution in [0.5, 0.6) is 0 Å². The fourth-order valence-electron chi connectivity index (χ4n) is 4.43. The lowest BCUT2D eigenvalue weighted by molar-refractivity contribution is -0.0367. The quantitative estimate of drug-likeness (QED) is 0.636. The van der Waals surface area contributed by atoms with Gasteiger partial charge in [-0.15, -0.1) is 0 Å². The number of hydrogen-bond acceptors (Lipinski definition) is 5. The molecule has 1 atom stereocenters. The zero-order valence-corrected chi connectivity index (χ0v) is 17.3. The lowest BCUT2D eigenvalue weighted by Gasteiger charge is -2.23. The first-order valence-electron chi connectivity index (χ1n) is 11.0. The SMILES string of the molecule is Nc1ccc2c(/C=C/c3ccc(CN4CCCC4)cn3)nn(C3CCCCO3)c2c1. The molecule has 156 valence electrons. The van der Waals surface area contributed by atoms with Crippen molar-refractivity contribution < 1.29 is 4.74 Å². The van der Waals surface area contributed by atoms with Crippen LogP contribution in [-0.2, 0) is 11.3 Å². The van der Waals surface area contributed by atoms with Crippen LogP contribution in [0.2, 0.25) is 0 Å². The molecule has 0 saturated carbocycles. The van der Waals surface area contributed by atoms with Gasteiger partial charge < -0.3 is 10.5 Å². The number of nitrogen functional groups attached to an aromatic ring is 1. The molecule has 2 aliphatic heterocycles. The number of hydrogen-bond donors (Lipinski definition) is 1. The van der Waals surface area contributed by atoms with Crippen molar-refractivity contribution >= 4 is 28.7 Å². The minimum absolute atomic E-state index is 0.0202. The fourth-order valence-corrected chi connectivity index (χ4v) is 4.43. The topological polar surface area (TPSA) is 69.2 Å². The van der Waals surface area contributed by atoms with Crippen LogP contribution in [0.1, 0.15) is 55.3 Å². The van der Waals surface area contributed by atoms with E-state index in [9.17, 15) is 0 Å². The van der Waals surface area contributed by atoms with Crippen LogP contribution in [0, 0.1) is 0 Å². The summed E-state index contributed by atoms with van der Waals surface area (Å²) < 4.78 is 7.97. The molecule has 30 heavy (non-hydrogen) atoms. The van der Waals surface area contributed by atoms with Crippen molar-refractivity contribution in [2.45, 2.75) is 44.9 Å². The van der Waals surface area contributed by atoms with Crippen molar-refractivity contribution in [2.75, 3.05) is 25.4 Å². The first-order chi connectivity index (χ1) is 14.8. The number of pyridine rings is 1. The van der Waals surface area contributed by atoms with Crippen LogP contribution in [0.3, 0.4) is 0 Å². The summed E-state index contributed by atoms with van der Waals surface area (Å²) in [6.45, 7) is 4.18. The van der Waals surface area contributed by atoms with Crippen LogP contribution in [-0.4, -0.2) is 39.4 Å².